The van der Waals surface area contributed by atoms with Gasteiger partial charge in [0.15, 0.2) is 14.7 Å². The van der Waals surface area contributed by atoms with Gasteiger partial charge in [0, 0.05) is 6.42 Å². The van der Waals surface area contributed by atoms with E-state index < -0.39 is 31.4 Å². The van der Waals surface area contributed by atoms with Gasteiger partial charge in [0.1, 0.15) is 5.82 Å². The fourth-order valence-electron chi connectivity index (χ4n) is 5.49. The van der Waals surface area contributed by atoms with Crippen LogP contribution in [-0.4, -0.2) is 34.4 Å². The summed E-state index contributed by atoms with van der Waals surface area (Å²) in [5.41, 5.74) is 2.86. The van der Waals surface area contributed by atoms with Crippen LogP contribution in [0.2, 0.25) is 0 Å². The summed E-state index contributed by atoms with van der Waals surface area (Å²) in [6.45, 7) is 6.56. The van der Waals surface area contributed by atoms with Crippen molar-refractivity contribution in [2.45, 2.75) is 101 Å². The first-order valence-electron chi connectivity index (χ1n) is 14.2. The highest BCUT2D eigenvalue weighted by Gasteiger charge is 2.38. The van der Waals surface area contributed by atoms with E-state index in [1.807, 2.05) is 69.3 Å². The van der Waals surface area contributed by atoms with Crippen molar-refractivity contribution in [3.05, 3.63) is 81.4 Å². The van der Waals surface area contributed by atoms with Gasteiger partial charge in [-0.2, -0.15) is 4.98 Å². The maximum atomic E-state index is 13.9. The highest BCUT2D eigenvalue weighted by Crippen LogP contribution is 2.35. The van der Waals surface area contributed by atoms with Crippen molar-refractivity contribution >= 4 is 9.84 Å². The first kappa shape index (κ1) is 29.0. The molecule has 3 aromatic rings. The molecule has 0 atom stereocenters. The first-order chi connectivity index (χ1) is 18.8. The minimum atomic E-state index is -4.12. The number of para-hydroxylation sites is 1. The summed E-state index contributed by atoms with van der Waals surface area (Å²) < 4.78 is 35.3. The normalized spacial score (nSPS) is 17.8. The van der Waals surface area contributed by atoms with Crippen LogP contribution in [0.25, 0.3) is 5.69 Å². The molecule has 0 amide bonds. The average Bonchev–Trinajstić information content (AvgIpc) is 2.95. The van der Waals surface area contributed by atoms with Crippen LogP contribution in [0, 0.1) is 0 Å². The second-order valence-corrected chi connectivity index (χ2v) is 12.5. The number of aromatic nitrogens is 2. The second-order valence-electron chi connectivity index (χ2n) is 10.3. The number of hydrogen-bond donors (Lipinski definition) is 1. The van der Waals surface area contributed by atoms with Crippen molar-refractivity contribution < 1.29 is 18.3 Å². The van der Waals surface area contributed by atoms with Crippen LogP contribution in [0.15, 0.2) is 58.2 Å². The summed E-state index contributed by atoms with van der Waals surface area (Å²) in [5, 5.41) is 10.8. The van der Waals surface area contributed by atoms with Crippen molar-refractivity contribution in [1.29, 1.82) is 0 Å². The van der Waals surface area contributed by atoms with Gasteiger partial charge in [-0.05, 0) is 61.6 Å². The quantitative estimate of drug-likeness (QED) is 0.327. The molecule has 0 aliphatic heterocycles. The molecular formula is C31H40N2O5S. The molecule has 1 N–H and O–H groups in total. The number of hydrogen-bond acceptors (Lipinski definition) is 6. The van der Waals surface area contributed by atoms with Crippen molar-refractivity contribution in [1.82, 2.24) is 9.55 Å². The molecule has 1 fully saturated rings. The van der Waals surface area contributed by atoms with Crippen LogP contribution in [0.4, 0.5) is 0 Å². The Labute approximate surface area is 231 Å². The third-order valence-corrected chi connectivity index (χ3v) is 9.99. The van der Waals surface area contributed by atoms with E-state index in [1.54, 1.807) is 0 Å². The SMILES string of the molecule is CCCCc1nc(=O)c(S(=O)(=O)C2CCC(OCc3ccccc3)CC2)c(O)n1-c1c(CC)cccc1CC. The van der Waals surface area contributed by atoms with E-state index in [4.69, 9.17) is 4.74 Å². The lowest BCUT2D eigenvalue weighted by molar-refractivity contribution is 0.0174. The molecule has 1 aliphatic rings. The molecule has 1 heterocycles. The lowest BCUT2D eigenvalue weighted by Gasteiger charge is -2.29. The van der Waals surface area contributed by atoms with Crippen LogP contribution >= 0.6 is 0 Å². The summed E-state index contributed by atoms with van der Waals surface area (Å²) in [7, 11) is -4.12. The van der Waals surface area contributed by atoms with Crippen LogP contribution in [-0.2, 0) is 40.4 Å². The summed E-state index contributed by atoms with van der Waals surface area (Å²) >= 11 is 0. The molecule has 0 bridgehead atoms. The third-order valence-electron chi connectivity index (χ3n) is 7.71. The standard InChI is InChI=1S/C31H40N2O5S/c1-4-7-16-27-32-30(34)29(31(35)33(27)28-23(5-2)14-11-15-24(28)6-3)39(36,37)26-19-17-25(18-20-26)38-21-22-12-9-8-10-13-22/h8-15,25-26,35H,4-7,16-21H2,1-3H3. The molecule has 0 radical (unpaired) electrons. The Morgan fingerprint density at radius 2 is 1.59 bits per heavy atom. The van der Waals surface area contributed by atoms with Gasteiger partial charge < -0.3 is 9.84 Å². The van der Waals surface area contributed by atoms with Gasteiger partial charge >= 0.3 is 0 Å². The first-order valence-corrected chi connectivity index (χ1v) is 15.7. The zero-order valence-electron chi connectivity index (χ0n) is 23.2. The average molecular weight is 553 g/mol. The maximum absolute atomic E-state index is 13.9. The summed E-state index contributed by atoms with van der Waals surface area (Å²) in [4.78, 5) is 16.9. The Hall–Kier alpha value is -2.97. The van der Waals surface area contributed by atoms with Gasteiger partial charge in [0.25, 0.3) is 5.56 Å². The summed E-state index contributed by atoms with van der Waals surface area (Å²) in [6.07, 6.45) is 5.33. The molecule has 2 aromatic carbocycles. The smallest absolute Gasteiger partial charge is 0.295 e. The Bertz CT molecular complexity index is 1400. The molecular weight excluding hydrogens is 512 g/mol. The second kappa shape index (κ2) is 12.9. The van der Waals surface area contributed by atoms with Gasteiger partial charge in [-0.25, -0.2) is 8.42 Å². The van der Waals surface area contributed by atoms with Crippen molar-refractivity contribution in [3.8, 4) is 11.6 Å². The molecule has 1 aliphatic carbocycles. The number of rotatable bonds is 11. The van der Waals surface area contributed by atoms with Crippen LogP contribution < -0.4 is 5.56 Å². The number of unbranched alkanes of at least 4 members (excludes halogenated alkanes) is 1. The van der Waals surface area contributed by atoms with Crippen LogP contribution in [0.1, 0.15) is 81.8 Å². The minimum absolute atomic E-state index is 0.0417. The molecule has 0 saturated heterocycles. The van der Waals surface area contributed by atoms with E-state index in [0.29, 0.717) is 57.4 Å². The van der Waals surface area contributed by atoms with Crippen LogP contribution in [0.3, 0.4) is 0 Å². The number of sulfone groups is 1. The number of aromatic hydroxyl groups is 1. The van der Waals surface area contributed by atoms with Gasteiger partial charge in [0.05, 0.1) is 23.6 Å². The highest BCUT2D eigenvalue weighted by atomic mass is 32.2. The number of aryl methyl sites for hydroxylation is 3. The predicted molar refractivity (Wildman–Crippen MR) is 153 cm³/mol. The third kappa shape index (κ3) is 6.28. The molecule has 39 heavy (non-hydrogen) atoms. The summed E-state index contributed by atoms with van der Waals surface area (Å²) in [5.74, 6) is -0.119. The van der Waals surface area contributed by atoms with Gasteiger partial charge in [-0.15, -0.1) is 0 Å². The highest BCUT2D eigenvalue weighted by molar-refractivity contribution is 7.92. The number of benzene rings is 2. The molecule has 0 spiro atoms. The molecule has 1 aromatic heterocycles. The minimum Gasteiger partial charge on any atom is -0.493 e. The van der Waals surface area contributed by atoms with Gasteiger partial charge in [-0.1, -0.05) is 75.7 Å². The number of ether oxygens (including phenoxy) is 1. The van der Waals surface area contributed by atoms with Crippen molar-refractivity contribution in [3.63, 3.8) is 0 Å². The van der Waals surface area contributed by atoms with E-state index in [2.05, 4.69) is 4.98 Å². The molecule has 7 nitrogen and oxygen atoms in total. The molecule has 8 heteroatoms. The zero-order valence-corrected chi connectivity index (χ0v) is 24.0. The lowest BCUT2D eigenvalue weighted by Crippen LogP contribution is -2.34. The maximum Gasteiger partial charge on any atom is 0.295 e. The fraction of sp³-hybridized carbons (Fsp3) is 0.484. The zero-order chi connectivity index (χ0) is 28.0. The van der Waals surface area contributed by atoms with E-state index in [1.165, 1.54) is 4.57 Å². The Balaban J connectivity index is 1.68. The Kier molecular flexibility index (Phi) is 9.62. The Morgan fingerprint density at radius 3 is 2.18 bits per heavy atom. The predicted octanol–water partition coefficient (Wildman–Crippen LogP) is 5.71. The topological polar surface area (TPSA) is 98.5 Å². The molecule has 1 saturated carbocycles. The van der Waals surface area contributed by atoms with E-state index in [0.717, 1.165) is 35.2 Å². The van der Waals surface area contributed by atoms with Crippen molar-refractivity contribution in [2.75, 3.05) is 0 Å². The lowest BCUT2D eigenvalue weighted by atomic mass is 9.97. The largest absolute Gasteiger partial charge is 0.493 e. The Morgan fingerprint density at radius 1 is 0.949 bits per heavy atom. The van der Waals surface area contributed by atoms with E-state index in [-0.39, 0.29) is 6.10 Å². The van der Waals surface area contributed by atoms with Crippen molar-refractivity contribution in [2.24, 2.45) is 0 Å². The monoisotopic (exact) mass is 552 g/mol. The van der Waals surface area contributed by atoms with Gasteiger partial charge in [-0.3, -0.25) is 9.36 Å². The van der Waals surface area contributed by atoms with E-state index >= 15 is 0 Å². The molecule has 0 unspecified atom stereocenters. The number of nitrogens with zero attached hydrogens (tertiary/aromatic N) is 2. The van der Waals surface area contributed by atoms with Crippen LogP contribution in [0.5, 0.6) is 5.88 Å². The van der Waals surface area contributed by atoms with Gasteiger partial charge in [0.2, 0.25) is 5.88 Å². The molecule has 210 valence electrons. The van der Waals surface area contributed by atoms with E-state index in [9.17, 15) is 18.3 Å². The summed E-state index contributed by atoms with van der Waals surface area (Å²) in [6, 6.07) is 15.8. The molecule has 4 rings (SSSR count). The fourth-order valence-corrected chi connectivity index (χ4v) is 7.35.